The molecule has 1 atom stereocenters. The van der Waals surface area contributed by atoms with Crippen LogP contribution in [0.4, 0.5) is 0 Å². The summed E-state index contributed by atoms with van der Waals surface area (Å²) in [5.41, 5.74) is 3.15. The van der Waals surface area contributed by atoms with Crippen molar-refractivity contribution in [3.63, 3.8) is 0 Å². The second-order valence-corrected chi connectivity index (χ2v) is 3.62. The van der Waals surface area contributed by atoms with Crippen molar-refractivity contribution in [3.8, 4) is 0 Å². The molecule has 0 radical (unpaired) electrons. The fourth-order valence-corrected chi connectivity index (χ4v) is 1.88. The molecule has 0 spiro atoms. The first kappa shape index (κ1) is 6.96. The van der Waals surface area contributed by atoms with E-state index in [0.29, 0.717) is 0 Å². The summed E-state index contributed by atoms with van der Waals surface area (Å²) in [5, 5.41) is 0. The zero-order valence-electron chi connectivity index (χ0n) is 7.01. The molecule has 0 saturated carbocycles. The molecule has 1 aliphatic carbocycles. The Morgan fingerprint density at radius 3 is 2.73 bits per heavy atom. The molecule has 0 bridgehead atoms. The number of fused-ring (bicyclic) bond motifs is 1. The lowest BCUT2D eigenvalue weighted by Crippen LogP contribution is -2.08. The average molecular weight is 144 g/mol. The summed E-state index contributed by atoms with van der Waals surface area (Å²) in [6.45, 7) is 0. The summed E-state index contributed by atoms with van der Waals surface area (Å²) in [6, 6.07) is 8.83. The van der Waals surface area contributed by atoms with E-state index in [1.54, 1.807) is 11.1 Å². The van der Waals surface area contributed by atoms with E-state index in [2.05, 4.69) is 32.1 Å². The Labute approximate surface area is 69.0 Å². The average Bonchev–Trinajstić information content (AvgIpc) is 2.04. The van der Waals surface area contributed by atoms with Gasteiger partial charge in [-0.2, -0.15) is 0 Å². The Morgan fingerprint density at radius 2 is 1.91 bits per heavy atom. The summed E-state index contributed by atoms with van der Waals surface area (Å²) in [5.74, 6) is 0.893. The summed E-state index contributed by atoms with van der Waals surface area (Å²) in [7, 11) is 2.34. The summed E-state index contributed by atoms with van der Waals surface area (Å²) >= 11 is 0. The van der Waals surface area contributed by atoms with Crippen molar-refractivity contribution in [2.75, 3.05) is 0 Å². The Kier molecular flexibility index (Phi) is 1.73. The van der Waals surface area contributed by atoms with Crippen molar-refractivity contribution in [3.05, 3.63) is 35.4 Å². The quantitative estimate of drug-likeness (QED) is 0.485. The van der Waals surface area contributed by atoms with Gasteiger partial charge < -0.3 is 0 Å². The van der Waals surface area contributed by atoms with E-state index < -0.39 is 0 Å². The van der Waals surface area contributed by atoms with Gasteiger partial charge in [0.1, 0.15) is 7.85 Å². The van der Waals surface area contributed by atoms with Gasteiger partial charge in [0, 0.05) is 0 Å². The third-order valence-electron chi connectivity index (χ3n) is 2.59. The van der Waals surface area contributed by atoms with Gasteiger partial charge >= 0.3 is 0 Å². The summed E-state index contributed by atoms with van der Waals surface area (Å²) in [4.78, 5) is 0. The van der Waals surface area contributed by atoms with Crippen molar-refractivity contribution >= 4 is 7.85 Å². The first-order valence-corrected chi connectivity index (χ1v) is 4.43. The molecule has 0 aliphatic heterocycles. The Morgan fingerprint density at radius 1 is 1.18 bits per heavy atom. The summed E-state index contributed by atoms with van der Waals surface area (Å²) in [6.07, 6.45) is 3.95. The van der Waals surface area contributed by atoms with E-state index in [4.69, 9.17) is 0 Å². The van der Waals surface area contributed by atoms with Crippen LogP contribution in [0.25, 0.3) is 0 Å². The van der Waals surface area contributed by atoms with Gasteiger partial charge in [0.25, 0.3) is 0 Å². The molecule has 1 aliphatic rings. The van der Waals surface area contributed by atoms with Crippen LogP contribution in [0.15, 0.2) is 24.3 Å². The second kappa shape index (κ2) is 2.73. The number of aryl methyl sites for hydroxylation is 1. The molecule has 0 amide bonds. The third kappa shape index (κ3) is 1.32. The van der Waals surface area contributed by atoms with E-state index in [1.807, 2.05) is 0 Å². The topological polar surface area (TPSA) is 0 Å². The minimum absolute atomic E-state index is 0.893. The Hall–Kier alpha value is -0.715. The maximum atomic E-state index is 2.34. The second-order valence-electron chi connectivity index (χ2n) is 3.62. The fourth-order valence-electron chi connectivity index (χ4n) is 1.88. The molecule has 0 nitrogen and oxygen atoms in total. The fraction of sp³-hybridized carbons (Fsp3) is 0.400. The molecule has 1 aromatic rings. The SMILES string of the molecule is BC1CCc2ccccc2C1. The van der Waals surface area contributed by atoms with E-state index in [1.165, 1.54) is 19.3 Å². The molecular formula is C10H13B. The van der Waals surface area contributed by atoms with Gasteiger partial charge in [0.2, 0.25) is 0 Å². The van der Waals surface area contributed by atoms with E-state index in [0.717, 1.165) is 5.82 Å². The van der Waals surface area contributed by atoms with Gasteiger partial charge in [-0.05, 0) is 24.0 Å². The molecule has 11 heavy (non-hydrogen) atoms. The molecule has 0 aromatic heterocycles. The highest BCUT2D eigenvalue weighted by atomic mass is 14.1. The normalized spacial score (nSPS) is 22.7. The van der Waals surface area contributed by atoms with Gasteiger partial charge in [-0.25, -0.2) is 0 Å². The molecule has 1 heteroatoms. The number of hydrogen-bond donors (Lipinski definition) is 0. The standard InChI is InChI=1S/C10H13B/c11-10-6-5-8-3-1-2-4-9(8)7-10/h1-4,10H,5-7,11H2. The predicted molar refractivity (Wildman–Crippen MR) is 50.8 cm³/mol. The predicted octanol–water partition coefficient (Wildman–Crippen LogP) is 1.60. The van der Waals surface area contributed by atoms with Crippen LogP contribution in [0.3, 0.4) is 0 Å². The molecule has 2 rings (SSSR count). The molecule has 0 fully saturated rings. The van der Waals surface area contributed by atoms with Crippen LogP contribution in [0.1, 0.15) is 17.5 Å². The highest BCUT2D eigenvalue weighted by molar-refractivity contribution is 6.11. The molecule has 1 aromatic carbocycles. The molecule has 0 N–H and O–H groups in total. The van der Waals surface area contributed by atoms with Crippen molar-refractivity contribution in [2.45, 2.75) is 25.1 Å². The smallest absolute Gasteiger partial charge is 0.0654 e. The van der Waals surface area contributed by atoms with Crippen molar-refractivity contribution in [2.24, 2.45) is 0 Å². The molecule has 0 heterocycles. The monoisotopic (exact) mass is 144 g/mol. The summed E-state index contributed by atoms with van der Waals surface area (Å²) < 4.78 is 0. The van der Waals surface area contributed by atoms with Gasteiger partial charge in [-0.3, -0.25) is 0 Å². The first-order valence-electron chi connectivity index (χ1n) is 4.43. The lowest BCUT2D eigenvalue weighted by Gasteiger charge is -2.20. The van der Waals surface area contributed by atoms with Crippen LogP contribution in [0.5, 0.6) is 0 Å². The van der Waals surface area contributed by atoms with Crippen LogP contribution < -0.4 is 0 Å². The third-order valence-corrected chi connectivity index (χ3v) is 2.59. The maximum Gasteiger partial charge on any atom is 0.105 e. The molecular weight excluding hydrogens is 131 g/mol. The molecule has 1 unspecified atom stereocenters. The van der Waals surface area contributed by atoms with Crippen molar-refractivity contribution in [1.29, 1.82) is 0 Å². The first-order chi connectivity index (χ1) is 5.36. The highest BCUT2D eigenvalue weighted by Gasteiger charge is 2.13. The Balaban J connectivity index is 2.34. The van der Waals surface area contributed by atoms with Crippen LogP contribution in [0, 0.1) is 0 Å². The van der Waals surface area contributed by atoms with Gasteiger partial charge in [0.15, 0.2) is 0 Å². The number of hydrogen-bond acceptors (Lipinski definition) is 0. The van der Waals surface area contributed by atoms with Crippen LogP contribution in [-0.2, 0) is 12.8 Å². The minimum atomic E-state index is 0.893. The largest absolute Gasteiger partial charge is 0.105 e. The zero-order valence-corrected chi connectivity index (χ0v) is 7.01. The van der Waals surface area contributed by atoms with Gasteiger partial charge in [-0.15, -0.1) is 0 Å². The van der Waals surface area contributed by atoms with Crippen LogP contribution in [0.2, 0.25) is 5.82 Å². The van der Waals surface area contributed by atoms with E-state index in [9.17, 15) is 0 Å². The van der Waals surface area contributed by atoms with Crippen LogP contribution in [-0.4, -0.2) is 7.85 Å². The van der Waals surface area contributed by atoms with Crippen LogP contribution >= 0.6 is 0 Å². The minimum Gasteiger partial charge on any atom is -0.0654 e. The molecule has 0 saturated heterocycles. The Bertz CT molecular complexity index is 255. The number of rotatable bonds is 0. The van der Waals surface area contributed by atoms with Crippen molar-refractivity contribution < 1.29 is 0 Å². The van der Waals surface area contributed by atoms with E-state index >= 15 is 0 Å². The molecule has 56 valence electrons. The zero-order chi connectivity index (χ0) is 7.68. The highest BCUT2D eigenvalue weighted by Crippen LogP contribution is 2.26. The van der Waals surface area contributed by atoms with Gasteiger partial charge in [-0.1, -0.05) is 36.5 Å². The van der Waals surface area contributed by atoms with Crippen molar-refractivity contribution in [1.82, 2.24) is 0 Å². The maximum absolute atomic E-state index is 2.34. The van der Waals surface area contributed by atoms with Gasteiger partial charge in [0.05, 0.1) is 0 Å². The number of benzene rings is 1. The van der Waals surface area contributed by atoms with E-state index in [-0.39, 0.29) is 0 Å². The lowest BCUT2D eigenvalue weighted by atomic mass is 9.73. The lowest BCUT2D eigenvalue weighted by molar-refractivity contribution is 0.684.